The van der Waals surface area contributed by atoms with Gasteiger partial charge in [-0.2, -0.15) is 0 Å². The van der Waals surface area contributed by atoms with Crippen molar-refractivity contribution in [2.75, 3.05) is 32.2 Å². The number of anilines is 1. The van der Waals surface area contributed by atoms with E-state index in [9.17, 15) is 4.79 Å². The number of ether oxygens (including phenoxy) is 3. The normalized spacial score (nSPS) is 16.7. The van der Waals surface area contributed by atoms with Crippen molar-refractivity contribution in [3.05, 3.63) is 17.8 Å². The molecular formula is C17H26N2O4. The highest BCUT2D eigenvalue weighted by Crippen LogP contribution is 2.42. The summed E-state index contributed by atoms with van der Waals surface area (Å²) >= 11 is 0. The molecule has 1 heterocycles. The smallest absolute Gasteiger partial charge is 0.256 e. The third-order valence-corrected chi connectivity index (χ3v) is 4.10. The molecule has 0 unspecified atom stereocenters. The van der Waals surface area contributed by atoms with Crippen molar-refractivity contribution in [2.24, 2.45) is 5.92 Å². The molecule has 0 radical (unpaired) electrons. The predicted octanol–water partition coefficient (Wildman–Crippen LogP) is 2.56. The number of nitrogens with zero attached hydrogens (tertiary/aromatic N) is 1. The van der Waals surface area contributed by atoms with Gasteiger partial charge in [-0.15, -0.1) is 0 Å². The first-order valence-electron chi connectivity index (χ1n) is 8.06. The molecule has 1 aliphatic rings. The number of carbonyl (C=O) groups is 1. The molecular weight excluding hydrogens is 296 g/mol. The Morgan fingerprint density at radius 1 is 1.39 bits per heavy atom. The van der Waals surface area contributed by atoms with Gasteiger partial charge in [0.2, 0.25) is 5.88 Å². The van der Waals surface area contributed by atoms with Crippen LogP contribution in [0.5, 0.6) is 5.88 Å². The van der Waals surface area contributed by atoms with Crippen molar-refractivity contribution in [3.8, 4) is 5.88 Å². The third kappa shape index (κ3) is 4.42. The lowest BCUT2D eigenvalue weighted by Crippen LogP contribution is -2.45. The molecule has 1 aliphatic carbocycles. The molecule has 6 heteroatoms. The zero-order valence-corrected chi connectivity index (χ0v) is 14.3. The van der Waals surface area contributed by atoms with E-state index in [0.717, 1.165) is 12.8 Å². The van der Waals surface area contributed by atoms with Gasteiger partial charge in [0.25, 0.3) is 5.91 Å². The number of carbonyl (C=O) groups excluding carboxylic acids is 1. The standard InChI is InChI=1S/C17H26N2O4/c1-5-23-17(3,13-6-7-13)16(20)19-14-8-9-15(18-12(14)2)22-11-10-21-4/h8-9,13H,5-7,10-11H2,1-4H3,(H,19,20)/t17-/m1/s1. The average Bonchev–Trinajstić information content (AvgIpc) is 3.35. The maximum absolute atomic E-state index is 12.6. The maximum atomic E-state index is 12.6. The molecule has 0 aromatic carbocycles. The minimum Gasteiger partial charge on any atom is -0.475 e. The van der Waals surface area contributed by atoms with E-state index in [0.29, 0.717) is 43.0 Å². The Labute approximate surface area is 137 Å². The maximum Gasteiger partial charge on any atom is 0.256 e. The SMILES string of the molecule is CCO[C@@](C)(C(=O)Nc1ccc(OCCOC)nc1C)C1CC1. The van der Waals surface area contributed by atoms with Crippen molar-refractivity contribution < 1.29 is 19.0 Å². The highest BCUT2D eigenvalue weighted by molar-refractivity contribution is 5.98. The Hall–Kier alpha value is -1.66. The number of methoxy groups -OCH3 is 1. The molecule has 128 valence electrons. The summed E-state index contributed by atoms with van der Waals surface area (Å²) in [6.07, 6.45) is 2.07. The van der Waals surface area contributed by atoms with E-state index in [1.54, 1.807) is 13.2 Å². The largest absolute Gasteiger partial charge is 0.475 e. The molecule has 2 rings (SSSR count). The van der Waals surface area contributed by atoms with Crippen LogP contribution in [-0.2, 0) is 14.3 Å². The highest BCUT2D eigenvalue weighted by atomic mass is 16.5. The van der Waals surface area contributed by atoms with Gasteiger partial charge in [0, 0.05) is 19.8 Å². The second-order valence-corrected chi connectivity index (χ2v) is 5.89. The van der Waals surface area contributed by atoms with Gasteiger partial charge < -0.3 is 19.5 Å². The molecule has 0 bridgehead atoms. The second-order valence-electron chi connectivity index (χ2n) is 5.89. The van der Waals surface area contributed by atoms with Crippen LogP contribution in [0.4, 0.5) is 5.69 Å². The first-order chi connectivity index (χ1) is 11.0. The summed E-state index contributed by atoms with van der Waals surface area (Å²) in [4.78, 5) is 17.0. The van der Waals surface area contributed by atoms with Gasteiger partial charge >= 0.3 is 0 Å². The Balaban J connectivity index is 2.02. The quantitative estimate of drug-likeness (QED) is 0.708. The van der Waals surface area contributed by atoms with E-state index in [1.165, 1.54) is 0 Å². The summed E-state index contributed by atoms with van der Waals surface area (Å²) in [5.74, 6) is 0.708. The molecule has 0 aliphatic heterocycles. The summed E-state index contributed by atoms with van der Waals surface area (Å²) < 4.78 is 16.1. The summed E-state index contributed by atoms with van der Waals surface area (Å²) in [5, 5.41) is 2.94. The number of hydrogen-bond acceptors (Lipinski definition) is 5. The summed E-state index contributed by atoms with van der Waals surface area (Å²) in [6, 6.07) is 3.55. The lowest BCUT2D eigenvalue weighted by molar-refractivity contribution is -0.141. The minimum atomic E-state index is -0.769. The lowest BCUT2D eigenvalue weighted by Gasteiger charge is -2.28. The van der Waals surface area contributed by atoms with E-state index < -0.39 is 5.60 Å². The Morgan fingerprint density at radius 2 is 2.13 bits per heavy atom. The second kappa shape index (κ2) is 7.75. The van der Waals surface area contributed by atoms with Gasteiger partial charge in [0.1, 0.15) is 12.2 Å². The molecule has 1 N–H and O–H groups in total. The minimum absolute atomic E-state index is 0.111. The number of rotatable bonds is 9. The van der Waals surface area contributed by atoms with Crippen LogP contribution in [0, 0.1) is 12.8 Å². The van der Waals surface area contributed by atoms with Crippen LogP contribution in [0.2, 0.25) is 0 Å². The third-order valence-electron chi connectivity index (χ3n) is 4.10. The summed E-state index contributed by atoms with van der Waals surface area (Å²) in [7, 11) is 1.62. The predicted molar refractivity (Wildman–Crippen MR) is 87.7 cm³/mol. The Morgan fingerprint density at radius 3 is 2.70 bits per heavy atom. The van der Waals surface area contributed by atoms with Crippen LogP contribution < -0.4 is 10.1 Å². The Bertz CT molecular complexity index is 545. The molecule has 1 aromatic heterocycles. The van der Waals surface area contributed by atoms with Gasteiger partial charge in [-0.05, 0) is 45.6 Å². The molecule has 0 spiro atoms. The fourth-order valence-electron chi connectivity index (χ4n) is 2.53. The Kier molecular flexibility index (Phi) is 5.96. The van der Waals surface area contributed by atoms with E-state index >= 15 is 0 Å². The first kappa shape index (κ1) is 17.7. The average molecular weight is 322 g/mol. The van der Waals surface area contributed by atoms with Gasteiger partial charge in [0.05, 0.1) is 18.0 Å². The molecule has 1 atom stereocenters. The van der Waals surface area contributed by atoms with Crippen LogP contribution >= 0.6 is 0 Å². The fraction of sp³-hybridized carbons (Fsp3) is 0.647. The monoisotopic (exact) mass is 322 g/mol. The summed E-state index contributed by atoms with van der Waals surface area (Å²) in [5.41, 5.74) is 0.623. The van der Waals surface area contributed by atoms with Crippen LogP contribution in [0.15, 0.2) is 12.1 Å². The fourth-order valence-corrected chi connectivity index (χ4v) is 2.53. The van der Waals surface area contributed by atoms with E-state index in [-0.39, 0.29) is 5.91 Å². The molecule has 1 saturated carbocycles. The van der Waals surface area contributed by atoms with Crippen molar-refractivity contribution >= 4 is 11.6 Å². The van der Waals surface area contributed by atoms with Crippen LogP contribution in [0.1, 0.15) is 32.4 Å². The number of amides is 1. The van der Waals surface area contributed by atoms with Crippen LogP contribution in [-0.4, -0.2) is 43.4 Å². The molecule has 1 aromatic rings. The van der Waals surface area contributed by atoms with E-state index in [4.69, 9.17) is 14.2 Å². The van der Waals surface area contributed by atoms with Gasteiger partial charge in [-0.1, -0.05) is 0 Å². The van der Waals surface area contributed by atoms with Crippen molar-refractivity contribution in [1.29, 1.82) is 0 Å². The topological polar surface area (TPSA) is 69.7 Å². The lowest BCUT2D eigenvalue weighted by atomic mass is 9.98. The first-order valence-corrected chi connectivity index (χ1v) is 8.06. The van der Waals surface area contributed by atoms with Crippen molar-refractivity contribution in [2.45, 2.75) is 39.2 Å². The number of hydrogen-bond donors (Lipinski definition) is 1. The molecule has 1 amide bonds. The van der Waals surface area contributed by atoms with E-state index in [2.05, 4.69) is 10.3 Å². The van der Waals surface area contributed by atoms with Crippen LogP contribution in [0.3, 0.4) is 0 Å². The summed E-state index contributed by atoms with van der Waals surface area (Å²) in [6.45, 7) is 7.09. The van der Waals surface area contributed by atoms with Gasteiger partial charge in [0.15, 0.2) is 0 Å². The van der Waals surface area contributed by atoms with E-state index in [1.807, 2.05) is 26.8 Å². The molecule has 0 saturated heterocycles. The molecule has 23 heavy (non-hydrogen) atoms. The van der Waals surface area contributed by atoms with Gasteiger partial charge in [-0.3, -0.25) is 4.79 Å². The number of aromatic nitrogens is 1. The molecule has 6 nitrogen and oxygen atoms in total. The highest BCUT2D eigenvalue weighted by Gasteiger charge is 2.48. The van der Waals surface area contributed by atoms with Crippen LogP contribution in [0.25, 0.3) is 0 Å². The van der Waals surface area contributed by atoms with Crippen molar-refractivity contribution in [1.82, 2.24) is 4.98 Å². The number of nitrogens with one attached hydrogen (secondary N) is 1. The number of aryl methyl sites for hydroxylation is 1. The molecule has 1 fully saturated rings. The zero-order chi connectivity index (χ0) is 16.9. The zero-order valence-electron chi connectivity index (χ0n) is 14.3. The van der Waals surface area contributed by atoms with Crippen molar-refractivity contribution in [3.63, 3.8) is 0 Å². The van der Waals surface area contributed by atoms with Gasteiger partial charge in [-0.25, -0.2) is 4.98 Å². The number of pyridine rings is 1.